The lowest BCUT2D eigenvalue weighted by Crippen LogP contribution is -2.04. The van der Waals surface area contributed by atoms with E-state index in [1.54, 1.807) is 11.8 Å². The highest BCUT2D eigenvalue weighted by molar-refractivity contribution is 7.99. The van der Waals surface area contributed by atoms with Gasteiger partial charge in [-0.05, 0) is 37.6 Å². The molecular weight excluding hydrogens is 316 g/mol. The Labute approximate surface area is 147 Å². The lowest BCUT2D eigenvalue weighted by molar-refractivity contribution is 0.341. The van der Waals surface area contributed by atoms with Crippen LogP contribution in [0.3, 0.4) is 0 Å². The lowest BCUT2D eigenvalue weighted by atomic mass is 10.1. The number of ether oxygens (including phenoxy) is 1. The number of hydrogen-bond acceptors (Lipinski definition) is 3. The van der Waals surface area contributed by atoms with E-state index in [0.717, 1.165) is 34.2 Å². The van der Waals surface area contributed by atoms with E-state index in [2.05, 4.69) is 43.2 Å². The largest absolute Gasteiger partial charge is 0.492 e. The van der Waals surface area contributed by atoms with Crippen LogP contribution in [0.2, 0.25) is 0 Å². The van der Waals surface area contributed by atoms with Gasteiger partial charge in [0.05, 0.1) is 17.6 Å². The smallest absolute Gasteiger partial charge is 0.169 e. The van der Waals surface area contributed by atoms with Crippen molar-refractivity contribution in [2.45, 2.75) is 25.5 Å². The molecule has 0 saturated carbocycles. The normalized spacial score (nSPS) is 10.9. The first kappa shape index (κ1) is 16.7. The van der Waals surface area contributed by atoms with Crippen LogP contribution in [0.15, 0.2) is 60.3 Å². The minimum Gasteiger partial charge on any atom is -0.492 e. The van der Waals surface area contributed by atoms with Crippen LogP contribution in [-0.4, -0.2) is 21.9 Å². The Kier molecular flexibility index (Phi) is 5.26. The first-order chi connectivity index (χ1) is 11.7. The summed E-state index contributed by atoms with van der Waals surface area (Å²) in [6, 6.07) is 14.5. The highest BCUT2D eigenvalue weighted by Gasteiger charge is 2.10. The third kappa shape index (κ3) is 3.65. The van der Waals surface area contributed by atoms with Gasteiger partial charge in [0, 0.05) is 12.3 Å². The summed E-state index contributed by atoms with van der Waals surface area (Å²) >= 11 is 1.72. The van der Waals surface area contributed by atoms with Crippen LogP contribution in [0.1, 0.15) is 11.1 Å². The van der Waals surface area contributed by atoms with Crippen molar-refractivity contribution in [1.29, 1.82) is 0 Å². The zero-order valence-corrected chi connectivity index (χ0v) is 15.0. The summed E-state index contributed by atoms with van der Waals surface area (Å²) < 4.78 is 8.11. The van der Waals surface area contributed by atoms with Crippen molar-refractivity contribution in [2.75, 3.05) is 12.4 Å². The molecule has 0 spiro atoms. The number of thioether (sulfide) groups is 1. The van der Waals surface area contributed by atoms with Crippen molar-refractivity contribution in [1.82, 2.24) is 9.55 Å². The molecule has 0 aliphatic rings. The molecule has 0 bridgehead atoms. The van der Waals surface area contributed by atoms with Crippen LogP contribution in [-0.2, 0) is 6.54 Å². The Morgan fingerprint density at radius 2 is 2.04 bits per heavy atom. The van der Waals surface area contributed by atoms with Crippen LogP contribution < -0.4 is 4.74 Å². The van der Waals surface area contributed by atoms with Crippen LogP contribution >= 0.6 is 11.8 Å². The first-order valence-corrected chi connectivity index (χ1v) is 9.06. The van der Waals surface area contributed by atoms with Crippen molar-refractivity contribution >= 4 is 22.8 Å². The number of para-hydroxylation sites is 2. The minimum absolute atomic E-state index is 0.659. The van der Waals surface area contributed by atoms with E-state index >= 15 is 0 Å². The summed E-state index contributed by atoms with van der Waals surface area (Å²) in [5.41, 5.74) is 4.61. The van der Waals surface area contributed by atoms with E-state index in [0.29, 0.717) is 6.61 Å². The van der Waals surface area contributed by atoms with Gasteiger partial charge in [-0.2, -0.15) is 0 Å². The average molecular weight is 338 g/mol. The van der Waals surface area contributed by atoms with E-state index in [-0.39, 0.29) is 0 Å². The van der Waals surface area contributed by atoms with Crippen molar-refractivity contribution in [3.05, 3.63) is 66.2 Å². The fourth-order valence-corrected chi connectivity index (χ4v) is 3.56. The van der Waals surface area contributed by atoms with Gasteiger partial charge in [0.1, 0.15) is 5.75 Å². The topological polar surface area (TPSA) is 27.1 Å². The predicted molar refractivity (Wildman–Crippen MR) is 102 cm³/mol. The highest BCUT2D eigenvalue weighted by atomic mass is 32.2. The summed E-state index contributed by atoms with van der Waals surface area (Å²) in [5, 5.41) is 1.01. The Hall–Kier alpha value is -2.20. The number of aromatic nitrogens is 2. The second-order valence-corrected chi connectivity index (χ2v) is 6.81. The van der Waals surface area contributed by atoms with Crippen molar-refractivity contribution in [3.63, 3.8) is 0 Å². The molecule has 3 aromatic rings. The molecule has 124 valence electrons. The molecule has 1 heterocycles. The monoisotopic (exact) mass is 338 g/mol. The molecule has 24 heavy (non-hydrogen) atoms. The number of rotatable bonds is 7. The van der Waals surface area contributed by atoms with Gasteiger partial charge in [-0.3, -0.25) is 0 Å². The quantitative estimate of drug-likeness (QED) is 0.344. The van der Waals surface area contributed by atoms with E-state index in [1.165, 1.54) is 11.1 Å². The molecule has 3 nitrogen and oxygen atoms in total. The Bertz CT molecular complexity index is 854. The zero-order chi connectivity index (χ0) is 16.9. The molecular formula is C20H22N2OS. The molecule has 0 atom stereocenters. The van der Waals surface area contributed by atoms with E-state index in [1.807, 2.05) is 30.3 Å². The second kappa shape index (κ2) is 7.58. The van der Waals surface area contributed by atoms with Crippen molar-refractivity contribution < 1.29 is 4.74 Å². The lowest BCUT2D eigenvalue weighted by Gasteiger charge is -2.10. The molecule has 4 heteroatoms. The van der Waals surface area contributed by atoms with Gasteiger partial charge in [0.15, 0.2) is 5.16 Å². The Balaban J connectivity index is 1.65. The first-order valence-electron chi connectivity index (χ1n) is 8.08. The van der Waals surface area contributed by atoms with Crippen LogP contribution in [0.25, 0.3) is 11.0 Å². The summed E-state index contributed by atoms with van der Waals surface area (Å²) in [6.07, 6.45) is 1.91. The highest BCUT2D eigenvalue weighted by Crippen LogP contribution is 2.25. The number of benzene rings is 2. The maximum Gasteiger partial charge on any atom is 0.169 e. The van der Waals surface area contributed by atoms with E-state index in [9.17, 15) is 0 Å². The maximum atomic E-state index is 5.91. The minimum atomic E-state index is 0.659. The van der Waals surface area contributed by atoms with Crippen molar-refractivity contribution in [2.24, 2.45) is 0 Å². The molecule has 3 rings (SSSR count). The third-order valence-electron chi connectivity index (χ3n) is 3.83. The standard InChI is InChI=1S/C20H22N2OS/c1-4-11-22-18-8-6-5-7-17(18)21-20(22)24-13-12-23-19-10-9-15(2)14-16(19)3/h4-10,14H,1,11-13H2,2-3H3. The number of fused-ring (bicyclic) bond motifs is 1. The molecule has 1 aromatic heterocycles. The number of allylic oxidation sites excluding steroid dienone is 1. The number of hydrogen-bond donors (Lipinski definition) is 0. The van der Waals surface area contributed by atoms with Gasteiger partial charge >= 0.3 is 0 Å². The van der Waals surface area contributed by atoms with Gasteiger partial charge in [0.2, 0.25) is 0 Å². The SMILES string of the molecule is C=CCn1c(SCCOc2ccc(C)cc2C)nc2ccccc21. The fourth-order valence-electron chi connectivity index (χ4n) is 2.71. The molecule has 0 aliphatic heterocycles. The molecule has 0 radical (unpaired) electrons. The molecule has 2 aromatic carbocycles. The summed E-state index contributed by atoms with van der Waals surface area (Å²) in [4.78, 5) is 4.73. The fraction of sp³-hybridized carbons (Fsp3) is 0.250. The van der Waals surface area contributed by atoms with Crippen LogP contribution in [0.5, 0.6) is 5.75 Å². The predicted octanol–water partition coefficient (Wildman–Crippen LogP) is 5.01. The maximum absolute atomic E-state index is 5.91. The third-order valence-corrected chi connectivity index (χ3v) is 4.77. The molecule has 0 unspecified atom stereocenters. The molecule has 0 aliphatic carbocycles. The molecule has 0 amide bonds. The van der Waals surface area contributed by atoms with Crippen LogP contribution in [0.4, 0.5) is 0 Å². The number of aryl methyl sites for hydroxylation is 2. The molecule has 0 N–H and O–H groups in total. The molecule has 0 fully saturated rings. The van der Waals surface area contributed by atoms with Crippen LogP contribution in [0, 0.1) is 13.8 Å². The zero-order valence-electron chi connectivity index (χ0n) is 14.2. The summed E-state index contributed by atoms with van der Waals surface area (Å²) in [6.45, 7) is 9.45. The van der Waals surface area contributed by atoms with Gasteiger partial charge in [0.25, 0.3) is 0 Å². The van der Waals surface area contributed by atoms with Gasteiger partial charge in [-0.15, -0.1) is 6.58 Å². The van der Waals surface area contributed by atoms with E-state index < -0.39 is 0 Å². The van der Waals surface area contributed by atoms with Gasteiger partial charge < -0.3 is 9.30 Å². The number of nitrogens with zero attached hydrogens (tertiary/aromatic N) is 2. The second-order valence-electron chi connectivity index (χ2n) is 5.75. The van der Waals surface area contributed by atoms with E-state index in [4.69, 9.17) is 9.72 Å². The molecule has 0 saturated heterocycles. The summed E-state index contributed by atoms with van der Waals surface area (Å²) in [7, 11) is 0. The Morgan fingerprint density at radius 3 is 2.83 bits per heavy atom. The van der Waals surface area contributed by atoms with Gasteiger partial charge in [-0.1, -0.05) is 47.7 Å². The summed E-state index contributed by atoms with van der Waals surface area (Å²) in [5.74, 6) is 1.81. The number of imidazole rings is 1. The van der Waals surface area contributed by atoms with Crippen molar-refractivity contribution in [3.8, 4) is 5.75 Å². The average Bonchev–Trinajstić information content (AvgIpc) is 2.91. The Morgan fingerprint density at radius 1 is 1.21 bits per heavy atom. The van der Waals surface area contributed by atoms with Gasteiger partial charge in [-0.25, -0.2) is 4.98 Å².